The molecule has 0 N–H and O–H groups in total. The van der Waals surface area contributed by atoms with Crippen LogP contribution in [0.5, 0.6) is 0 Å². The van der Waals surface area contributed by atoms with E-state index in [0.29, 0.717) is 17.5 Å². The minimum absolute atomic E-state index is 0.667. The molecule has 0 fully saturated rings. The van der Waals surface area contributed by atoms with Crippen LogP contribution in [0.3, 0.4) is 0 Å². The zero-order valence-corrected chi connectivity index (χ0v) is 23.8. The highest BCUT2D eigenvalue weighted by atomic mass is 32.1. The van der Waals surface area contributed by atoms with Gasteiger partial charge in [-0.1, -0.05) is 121 Å². The van der Waals surface area contributed by atoms with Crippen molar-refractivity contribution in [3.05, 3.63) is 140 Å². The Labute approximate surface area is 251 Å². The summed E-state index contributed by atoms with van der Waals surface area (Å²) < 4.78 is 2.45. The van der Waals surface area contributed by atoms with Crippen molar-refractivity contribution < 1.29 is 0 Å². The Bertz CT molecular complexity index is 2510. The van der Waals surface area contributed by atoms with Gasteiger partial charge in [0.1, 0.15) is 0 Å². The van der Waals surface area contributed by atoms with Crippen molar-refractivity contribution >= 4 is 63.8 Å². The van der Waals surface area contributed by atoms with Crippen molar-refractivity contribution in [3.8, 4) is 34.2 Å². The van der Waals surface area contributed by atoms with Crippen LogP contribution in [0.4, 0.5) is 0 Å². The van der Waals surface area contributed by atoms with Gasteiger partial charge in [0.15, 0.2) is 17.5 Å². The van der Waals surface area contributed by atoms with Gasteiger partial charge in [-0.15, -0.1) is 11.3 Å². The number of hydrogen-bond donors (Lipinski definition) is 0. The first-order valence-corrected chi connectivity index (χ1v) is 15.2. The van der Waals surface area contributed by atoms with Gasteiger partial charge in [0, 0.05) is 42.2 Å². The Morgan fingerprint density at radius 2 is 1.05 bits per heavy atom. The summed E-state index contributed by atoms with van der Waals surface area (Å²) in [6.45, 7) is 0. The van der Waals surface area contributed by atoms with Crippen LogP contribution in [0, 0.1) is 0 Å². The Hall–Kier alpha value is -5.45. The second-order valence-corrected chi connectivity index (χ2v) is 11.9. The van der Waals surface area contributed by atoms with Crippen LogP contribution in [-0.2, 0) is 0 Å². The lowest BCUT2D eigenvalue weighted by molar-refractivity contribution is 1.08. The average molecular weight is 566 g/mol. The molecule has 0 saturated heterocycles. The van der Waals surface area contributed by atoms with Crippen molar-refractivity contribution in [3.63, 3.8) is 0 Å². The summed E-state index contributed by atoms with van der Waals surface area (Å²) >= 11 is 1.79. The molecule has 0 atom stereocenters. The summed E-state index contributed by atoms with van der Waals surface area (Å²) in [6, 6.07) is 49.1. The molecule has 43 heavy (non-hydrogen) atoms. The molecule has 2 aromatic heterocycles. The van der Waals surface area contributed by atoms with Crippen LogP contribution in [0.1, 0.15) is 0 Å². The largest absolute Gasteiger partial charge is 0.208 e. The number of fused-ring (bicyclic) bond motifs is 8. The lowest BCUT2D eigenvalue weighted by atomic mass is 9.92. The molecule has 0 bridgehead atoms. The fourth-order valence-corrected chi connectivity index (χ4v) is 7.53. The molecule has 0 unspecified atom stereocenters. The van der Waals surface area contributed by atoms with Crippen LogP contribution in [0.15, 0.2) is 140 Å². The normalized spacial score (nSPS) is 11.7. The van der Waals surface area contributed by atoms with Gasteiger partial charge < -0.3 is 0 Å². The molecule has 0 aliphatic rings. The molecule has 4 heteroatoms. The van der Waals surface area contributed by atoms with E-state index in [2.05, 4.69) is 121 Å². The maximum Gasteiger partial charge on any atom is 0.165 e. The molecule has 0 aliphatic heterocycles. The number of thiophene rings is 1. The Morgan fingerprint density at radius 3 is 1.91 bits per heavy atom. The molecule has 9 aromatic rings. The number of benzene rings is 7. The first-order chi connectivity index (χ1) is 21.3. The molecular formula is C39H23N3S. The SMILES string of the molecule is c1ccc(-c2nc(-c3cccc4c3sc3ccccc34)nc(-c3cc4ccccc4c4ccc5ccccc5c34)n2)cc1. The molecule has 200 valence electrons. The van der Waals surface area contributed by atoms with E-state index >= 15 is 0 Å². The quantitative estimate of drug-likeness (QED) is 0.200. The van der Waals surface area contributed by atoms with Crippen LogP contribution in [0.25, 0.3) is 86.7 Å². The topological polar surface area (TPSA) is 38.7 Å². The second kappa shape index (κ2) is 9.55. The molecule has 0 radical (unpaired) electrons. The van der Waals surface area contributed by atoms with Crippen LogP contribution < -0.4 is 0 Å². The Kier molecular flexibility index (Phi) is 5.37. The van der Waals surface area contributed by atoms with Crippen molar-refractivity contribution in [1.29, 1.82) is 0 Å². The molecule has 0 aliphatic carbocycles. The minimum atomic E-state index is 0.667. The minimum Gasteiger partial charge on any atom is -0.208 e. The van der Waals surface area contributed by atoms with E-state index in [9.17, 15) is 0 Å². The first-order valence-electron chi connectivity index (χ1n) is 14.4. The van der Waals surface area contributed by atoms with E-state index < -0.39 is 0 Å². The number of aromatic nitrogens is 3. The zero-order valence-electron chi connectivity index (χ0n) is 23.0. The third kappa shape index (κ3) is 3.84. The third-order valence-electron chi connectivity index (χ3n) is 8.30. The van der Waals surface area contributed by atoms with E-state index in [0.717, 1.165) is 27.5 Å². The monoisotopic (exact) mass is 565 g/mol. The Balaban J connectivity index is 1.40. The summed E-state index contributed by atoms with van der Waals surface area (Å²) in [5, 5.41) is 9.61. The first kappa shape index (κ1) is 24.2. The van der Waals surface area contributed by atoms with Gasteiger partial charge in [-0.2, -0.15) is 0 Å². The van der Waals surface area contributed by atoms with E-state index in [-0.39, 0.29) is 0 Å². The lowest BCUT2D eigenvalue weighted by Crippen LogP contribution is -2.01. The van der Waals surface area contributed by atoms with E-state index in [1.165, 1.54) is 41.7 Å². The summed E-state index contributed by atoms with van der Waals surface area (Å²) in [7, 11) is 0. The van der Waals surface area contributed by atoms with E-state index in [1.54, 1.807) is 11.3 Å². The zero-order chi connectivity index (χ0) is 28.3. The van der Waals surface area contributed by atoms with Gasteiger partial charge in [0.2, 0.25) is 0 Å². The second-order valence-electron chi connectivity index (χ2n) is 10.8. The fourth-order valence-electron chi connectivity index (χ4n) is 6.31. The molecular weight excluding hydrogens is 543 g/mol. The summed E-state index contributed by atoms with van der Waals surface area (Å²) in [6.07, 6.45) is 0. The number of rotatable bonds is 3. The summed E-state index contributed by atoms with van der Waals surface area (Å²) in [5.41, 5.74) is 3.00. The van der Waals surface area contributed by atoms with Gasteiger partial charge in [0.05, 0.1) is 0 Å². The van der Waals surface area contributed by atoms with Gasteiger partial charge in [-0.3, -0.25) is 0 Å². The molecule has 0 spiro atoms. The van der Waals surface area contributed by atoms with E-state index in [4.69, 9.17) is 15.0 Å². The number of hydrogen-bond acceptors (Lipinski definition) is 4. The van der Waals surface area contributed by atoms with Crippen molar-refractivity contribution in [2.75, 3.05) is 0 Å². The van der Waals surface area contributed by atoms with Gasteiger partial charge in [-0.05, 0) is 45.1 Å². The molecule has 0 amide bonds. The molecule has 0 saturated carbocycles. The molecule has 3 nitrogen and oxygen atoms in total. The third-order valence-corrected chi connectivity index (χ3v) is 9.52. The number of nitrogens with zero attached hydrogens (tertiary/aromatic N) is 3. The van der Waals surface area contributed by atoms with Crippen molar-refractivity contribution in [2.45, 2.75) is 0 Å². The maximum absolute atomic E-state index is 5.27. The highest BCUT2D eigenvalue weighted by Gasteiger charge is 2.19. The highest BCUT2D eigenvalue weighted by molar-refractivity contribution is 7.26. The van der Waals surface area contributed by atoms with Gasteiger partial charge >= 0.3 is 0 Å². The maximum atomic E-state index is 5.27. The highest BCUT2D eigenvalue weighted by Crippen LogP contribution is 2.41. The van der Waals surface area contributed by atoms with E-state index in [1.807, 2.05) is 18.2 Å². The molecule has 2 heterocycles. The van der Waals surface area contributed by atoms with Crippen LogP contribution in [-0.4, -0.2) is 15.0 Å². The lowest BCUT2D eigenvalue weighted by Gasteiger charge is -2.14. The van der Waals surface area contributed by atoms with Crippen LogP contribution in [0.2, 0.25) is 0 Å². The predicted octanol–water partition coefficient (Wildman–Crippen LogP) is 10.7. The van der Waals surface area contributed by atoms with Gasteiger partial charge in [0.25, 0.3) is 0 Å². The van der Waals surface area contributed by atoms with Crippen molar-refractivity contribution in [1.82, 2.24) is 15.0 Å². The predicted molar refractivity (Wildman–Crippen MR) is 182 cm³/mol. The fraction of sp³-hybridized carbons (Fsp3) is 0. The molecule has 7 aromatic carbocycles. The summed E-state index contributed by atoms with van der Waals surface area (Å²) in [4.78, 5) is 15.5. The Morgan fingerprint density at radius 1 is 0.395 bits per heavy atom. The van der Waals surface area contributed by atoms with Crippen LogP contribution >= 0.6 is 11.3 Å². The summed E-state index contributed by atoms with van der Waals surface area (Å²) in [5.74, 6) is 2.02. The average Bonchev–Trinajstić information content (AvgIpc) is 3.47. The van der Waals surface area contributed by atoms with Crippen molar-refractivity contribution in [2.24, 2.45) is 0 Å². The van der Waals surface area contributed by atoms with Gasteiger partial charge in [-0.25, -0.2) is 15.0 Å². The standard InChI is InChI=1S/C39H23N3S/c1-2-12-25(13-3-1)37-40-38(32-19-10-18-31-29-17-8-9-20-34(29)43-36(31)32)42-39(41-37)33-23-26-14-5-6-15-27(26)30-22-21-24-11-4-7-16-28(24)35(30)33/h1-23H. The smallest absolute Gasteiger partial charge is 0.165 e. The molecule has 9 rings (SSSR count).